The highest BCUT2D eigenvalue weighted by Gasteiger charge is 2.27. The van der Waals surface area contributed by atoms with Crippen molar-refractivity contribution in [2.75, 3.05) is 39.6 Å². The second-order valence-electron chi connectivity index (χ2n) is 5.00. The Morgan fingerprint density at radius 1 is 1.24 bits per heavy atom. The van der Waals surface area contributed by atoms with Crippen molar-refractivity contribution in [1.29, 1.82) is 0 Å². The summed E-state index contributed by atoms with van der Waals surface area (Å²) in [5.74, 6) is 0.615. The Morgan fingerprint density at radius 3 is 2.71 bits per heavy atom. The van der Waals surface area contributed by atoms with Gasteiger partial charge in [0.1, 0.15) is 0 Å². The summed E-state index contributed by atoms with van der Waals surface area (Å²) >= 11 is 0. The Balaban J connectivity index is 1.72. The Kier molecular flexibility index (Phi) is 5.71. The fraction of sp³-hybridized carbons (Fsp3) is 1.00. The molecule has 17 heavy (non-hydrogen) atoms. The summed E-state index contributed by atoms with van der Waals surface area (Å²) < 4.78 is 16.7. The molecular weight excluding hydrogens is 218 g/mol. The van der Waals surface area contributed by atoms with Gasteiger partial charge in [-0.1, -0.05) is 6.92 Å². The van der Waals surface area contributed by atoms with Crippen LogP contribution in [0.1, 0.15) is 26.2 Å². The minimum Gasteiger partial charge on any atom is -0.381 e. The Hall–Kier alpha value is -0.160. The third kappa shape index (κ3) is 4.21. The average molecular weight is 243 g/mol. The lowest BCUT2D eigenvalue weighted by Crippen LogP contribution is -2.41. The Morgan fingerprint density at radius 2 is 2.06 bits per heavy atom. The van der Waals surface area contributed by atoms with Crippen molar-refractivity contribution < 1.29 is 14.2 Å². The van der Waals surface area contributed by atoms with Crippen LogP contribution in [0, 0.1) is 5.92 Å². The third-order valence-electron chi connectivity index (χ3n) is 3.59. The van der Waals surface area contributed by atoms with E-state index in [9.17, 15) is 0 Å². The van der Waals surface area contributed by atoms with Gasteiger partial charge in [0.25, 0.3) is 0 Å². The first kappa shape index (κ1) is 13.3. The Bertz CT molecular complexity index is 201. The van der Waals surface area contributed by atoms with Crippen LogP contribution in [0.2, 0.25) is 0 Å². The maximum Gasteiger partial charge on any atom is 0.0831 e. The van der Waals surface area contributed by atoms with Crippen molar-refractivity contribution in [3.63, 3.8) is 0 Å². The van der Waals surface area contributed by atoms with Crippen LogP contribution >= 0.6 is 0 Å². The summed E-state index contributed by atoms with van der Waals surface area (Å²) in [4.78, 5) is 0. The maximum absolute atomic E-state index is 5.93. The maximum atomic E-state index is 5.93. The summed E-state index contributed by atoms with van der Waals surface area (Å²) in [5.41, 5.74) is 0. The van der Waals surface area contributed by atoms with Gasteiger partial charge >= 0.3 is 0 Å². The van der Waals surface area contributed by atoms with E-state index in [-0.39, 0.29) is 0 Å². The molecule has 0 aliphatic carbocycles. The van der Waals surface area contributed by atoms with Crippen molar-refractivity contribution in [1.82, 2.24) is 5.32 Å². The molecule has 2 heterocycles. The van der Waals surface area contributed by atoms with E-state index in [2.05, 4.69) is 12.2 Å². The van der Waals surface area contributed by atoms with Crippen LogP contribution in [-0.2, 0) is 14.2 Å². The van der Waals surface area contributed by atoms with Crippen molar-refractivity contribution >= 4 is 0 Å². The monoisotopic (exact) mass is 243 g/mol. The summed E-state index contributed by atoms with van der Waals surface area (Å²) in [6, 6.07) is 0.443. The highest BCUT2D eigenvalue weighted by atomic mass is 16.5. The van der Waals surface area contributed by atoms with Crippen LogP contribution in [0.5, 0.6) is 0 Å². The van der Waals surface area contributed by atoms with Gasteiger partial charge in [0, 0.05) is 25.2 Å². The van der Waals surface area contributed by atoms with Gasteiger partial charge in [-0.2, -0.15) is 0 Å². The van der Waals surface area contributed by atoms with Crippen LogP contribution in [0.25, 0.3) is 0 Å². The number of ether oxygens (including phenoxy) is 3. The van der Waals surface area contributed by atoms with Gasteiger partial charge in [0.05, 0.1) is 25.9 Å². The second-order valence-corrected chi connectivity index (χ2v) is 5.00. The first-order valence-corrected chi connectivity index (χ1v) is 6.90. The van der Waals surface area contributed by atoms with Crippen molar-refractivity contribution in [3.8, 4) is 0 Å². The van der Waals surface area contributed by atoms with E-state index >= 15 is 0 Å². The van der Waals surface area contributed by atoms with Gasteiger partial charge in [-0.05, 0) is 25.8 Å². The molecule has 3 unspecified atom stereocenters. The predicted molar refractivity (Wildman–Crippen MR) is 66.2 cm³/mol. The molecule has 0 radical (unpaired) electrons. The molecule has 0 amide bonds. The molecule has 2 fully saturated rings. The van der Waals surface area contributed by atoms with Gasteiger partial charge < -0.3 is 19.5 Å². The molecule has 100 valence electrons. The van der Waals surface area contributed by atoms with Crippen LogP contribution in [0.3, 0.4) is 0 Å². The lowest BCUT2D eigenvalue weighted by atomic mass is 9.99. The van der Waals surface area contributed by atoms with Crippen LogP contribution in [0.15, 0.2) is 0 Å². The summed E-state index contributed by atoms with van der Waals surface area (Å²) in [6.07, 6.45) is 3.67. The minimum atomic E-state index is 0.309. The van der Waals surface area contributed by atoms with E-state index < -0.39 is 0 Å². The van der Waals surface area contributed by atoms with E-state index in [1.165, 1.54) is 0 Å². The highest BCUT2D eigenvalue weighted by molar-refractivity contribution is 4.80. The fourth-order valence-corrected chi connectivity index (χ4v) is 2.45. The first-order valence-electron chi connectivity index (χ1n) is 6.90. The van der Waals surface area contributed by atoms with Crippen molar-refractivity contribution in [2.45, 2.75) is 38.3 Å². The van der Waals surface area contributed by atoms with E-state index in [4.69, 9.17) is 14.2 Å². The van der Waals surface area contributed by atoms with E-state index in [0.717, 1.165) is 58.8 Å². The normalized spacial score (nSPS) is 30.9. The number of hydrogen-bond acceptors (Lipinski definition) is 4. The first-order chi connectivity index (χ1) is 8.40. The molecule has 2 aliphatic heterocycles. The molecule has 0 spiro atoms. The molecule has 0 bridgehead atoms. The largest absolute Gasteiger partial charge is 0.381 e. The molecule has 0 saturated carbocycles. The number of hydrogen-bond donors (Lipinski definition) is 1. The standard InChI is InChI=1S/C13H25NO3/c1-2-5-14-13(11-3-6-15-8-11)10-17-12-4-7-16-9-12/h11-14H,2-10H2,1H3. The molecule has 0 aromatic heterocycles. The SMILES string of the molecule is CCCNC(COC1CCOC1)C1CCOC1. The molecule has 0 aromatic rings. The van der Waals surface area contributed by atoms with Gasteiger partial charge in [-0.3, -0.25) is 0 Å². The molecule has 4 nitrogen and oxygen atoms in total. The Labute approximate surface area is 104 Å². The van der Waals surface area contributed by atoms with Gasteiger partial charge in [-0.25, -0.2) is 0 Å². The second kappa shape index (κ2) is 7.31. The van der Waals surface area contributed by atoms with Gasteiger partial charge in [-0.15, -0.1) is 0 Å². The van der Waals surface area contributed by atoms with E-state index in [0.29, 0.717) is 18.1 Å². The minimum absolute atomic E-state index is 0.309. The molecule has 4 heteroatoms. The van der Waals surface area contributed by atoms with E-state index in [1.54, 1.807) is 0 Å². The lowest BCUT2D eigenvalue weighted by Gasteiger charge is -2.25. The molecule has 2 rings (SSSR count). The molecule has 2 aliphatic rings. The predicted octanol–water partition coefficient (Wildman–Crippen LogP) is 1.20. The van der Waals surface area contributed by atoms with Crippen molar-refractivity contribution in [2.24, 2.45) is 5.92 Å². The van der Waals surface area contributed by atoms with Gasteiger partial charge in [0.15, 0.2) is 0 Å². The lowest BCUT2D eigenvalue weighted by molar-refractivity contribution is 0.0194. The molecule has 1 N–H and O–H groups in total. The smallest absolute Gasteiger partial charge is 0.0831 e. The zero-order valence-electron chi connectivity index (χ0n) is 10.8. The molecule has 2 saturated heterocycles. The number of nitrogens with one attached hydrogen (secondary N) is 1. The quantitative estimate of drug-likeness (QED) is 0.729. The third-order valence-corrected chi connectivity index (χ3v) is 3.59. The van der Waals surface area contributed by atoms with Gasteiger partial charge in [0.2, 0.25) is 0 Å². The van der Waals surface area contributed by atoms with E-state index in [1.807, 2.05) is 0 Å². The summed E-state index contributed by atoms with van der Waals surface area (Å²) in [7, 11) is 0. The van der Waals surface area contributed by atoms with Crippen LogP contribution < -0.4 is 5.32 Å². The van der Waals surface area contributed by atoms with Crippen LogP contribution in [0.4, 0.5) is 0 Å². The molecule has 3 atom stereocenters. The van der Waals surface area contributed by atoms with Crippen LogP contribution in [-0.4, -0.2) is 51.7 Å². The topological polar surface area (TPSA) is 39.7 Å². The molecule has 0 aromatic carbocycles. The number of rotatable bonds is 7. The summed E-state index contributed by atoms with van der Waals surface area (Å²) in [5, 5.41) is 3.59. The highest BCUT2D eigenvalue weighted by Crippen LogP contribution is 2.18. The fourth-order valence-electron chi connectivity index (χ4n) is 2.45. The molecular formula is C13H25NO3. The zero-order chi connectivity index (χ0) is 11.9. The zero-order valence-corrected chi connectivity index (χ0v) is 10.8. The van der Waals surface area contributed by atoms with Crippen molar-refractivity contribution in [3.05, 3.63) is 0 Å². The summed E-state index contributed by atoms with van der Waals surface area (Å²) in [6.45, 7) is 7.45. The average Bonchev–Trinajstić information content (AvgIpc) is 3.01.